The van der Waals surface area contributed by atoms with Gasteiger partial charge < -0.3 is 0 Å². The summed E-state index contributed by atoms with van der Waals surface area (Å²) in [5.41, 5.74) is 1.32. The fourth-order valence-electron chi connectivity index (χ4n) is 1.24. The lowest BCUT2D eigenvalue weighted by Gasteiger charge is -2.21. The van der Waals surface area contributed by atoms with E-state index >= 15 is 0 Å². The van der Waals surface area contributed by atoms with Gasteiger partial charge in [0.05, 0.1) is 5.55 Å². The summed E-state index contributed by atoms with van der Waals surface area (Å²) >= 11 is 0. The van der Waals surface area contributed by atoms with Gasteiger partial charge in [-0.15, -0.1) is 0 Å². The van der Waals surface area contributed by atoms with Crippen LogP contribution < -0.4 is 0 Å². The lowest BCUT2D eigenvalue weighted by molar-refractivity contribution is -0.145. The Morgan fingerprint density at radius 1 is 1.47 bits per heavy atom. The van der Waals surface area contributed by atoms with Crippen LogP contribution in [0.15, 0.2) is 17.4 Å². The number of hydrogen-bond acceptors (Lipinski definition) is 5. The molecule has 1 unspecified atom stereocenters. The van der Waals surface area contributed by atoms with E-state index < -0.39 is 27.2 Å². The summed E-state index contributed by atoms with van der Waals surface area (Å²) in [6, 6.07) is 0. The Balaban J connectivity index is 3.02. The average molecular weight is 292 g/mol. The van der Waals surface area contributed by atoms with E-state index in [0.29, 0.717) is 5.56 Å². The molecule has 0 fully saturated rings. The summed E-state index contributed by atoms with van der Waals surface area (Å²) in [5.74, 6) is -1.25. The molecule has 0 radical (unpaired) electrons. The van der Waals surface area contributed by atoms with Crippen molar-refractivity contribution in [2.45, 2.75) is 18.3 Å². The van der Waals surface area contributed by atoms with Crippen molar-refractivity contribution >= 4 is 15.5 Å². The van der Waals surface area contributed by atoms with Crippen molar-refractivity contribution in [1.29, 1.82) is 5.26 Å². The highest BCUT2D eigenvalue weighted by Crippen LogP contribution is 2.28. The second-order valence-corrected chi connectivity index (χ2v) is 7.04. The molecule has 1 atom stereocenters. The first-order valence-electron chi connectivity index (χ1n) is 5.08. The molecule has 0 N–H and O–H groups in total. The first kappa shape index (κ1) is 15.2. The molecule has 9 heteroatoms. The normalized spacial score (nSPS) is 15.2. The zero-order chi connectivity index (χ0) is 14.7. The van der Waals surface area contributed by atoms with Gasteiger partial charge in [0.15, 0.2) is 0 Å². The molecule has 0 aliphatic carbocycles. The Hall–Kier alpha value is -1.82. The molecule has 1 aromatic rings. The van der Waals surface area contributed by atoms with Gasteiger partial charge in [-0.3, -0.25) is 4.21 Å². The predicted molar refractivity (Wildman–Crippen MR) is 65.0 cm³/mol. The SMILES string of the molecule is CC(c1cnc(C(F)(F)F)nc1)[SH](C)(=O)/C=N\C#N. The van der Waals surface area contributed by atoms with E-state index in [-0.39, 0.29) is 0 Å². The minimum Gasteiger partial charge on any atom is -0.279 e. The van der Waals surface area contributed by atoms with Crippen molar-refractivity contribution in [3.8, 4) is 6.19 Å². The number of aliphatic imine (C=N–C) groups is 1. The van der Waals surface area contributed by atoms with Crippen LogP contribution in [0, 0.1) is 11.5 Å². The van der Waals surface area contributed by atoms with E-state index in [0.717, 1.165) is 17.9 Å². The molecule has 0 saturated carbocycles. The quantitative estimate of drug-likeness (QED) is 0.398. The lowest BCUT2D eigenvalue weighted by atomic mass is 10.2. The van der Waals surface area contributed by atoms with Gasteiger partial charge in [0.25, 0.3) is 0 Å². The number of alkyl halides is 3. The maximum Gasteiger partial charge on any atom is 0.451 e. The van der Waals surface area contributed by atoms with Crippen molar-refractivity contribution < 1.29 is 17.4 Å². The van der Waals surface area contributed by atoms with Gasteiger partial charge in [0.1, 0.15) is 0 Å². The number of nitriles is 1. The number of aromatic nitrogens is 2. The summed E-state index contributed by atoms with van der Waals surface area (Å²) in [6.45, 7) is 1.55. The highest BCUT2D eigenvalue weighted by molar-refractivity contribution is 8.14. The maximum atomic E-state index is 12.3. The Bertz CT molecular complexity index is 562. The van der Waals surface area contributed by atoms with Gasteiger partial charge in [-0.1, -0.05) is 9.93 Å². The smallest absolute Gasteiger partial charge is 0.279 e. The summed E-state index contributed by atoms with van der Waals surface area (Å²) in [4.78, 5) is 9.64. The first-order valence-corrected chi connectivity index (χ1v) is 7.37. The molecule has 0 saturated heterocycles. The third kappa shape index (κ3) is 3.82. The third-order valence-electron chi connectivity index (χ3n) is 2.52. The van der Waals surface area contributed by atoms with E-state index in [1.807, 2.05) is 0 Å². The van der Waals surface area contributed by atoms with Crippen molar-refractivity contribution in [3.63, 3.8) is 0 Å². The van der Waals surface area contributed by atoms with Crippen LogP contribution in [-0.2, 0) is 16.1 Å². The highest BCUT2D eigenvalue weighted by atomic mass is 32.2. The minimum absolute atomic E-state index is 0.295. The van der Waals surface area contributed by atoms with Crippen LogP contribution in [0.3, 0.4) is 0 Å². The second-order valence-electron chi connectivity index (χ2n) is 3.92. The fraction of sp³-hybridized carbons (Fsp3) is 0.400. The molecule has 1 heterocycles. The van der Waals surface area contributed by atoms with Crippen LogP contribution in [-0.4, -0.2) is 26.0 Å². The van der Waals surface area contributed by atoms with E-state index in [1.54, 1.807) is 6.92 Å². The zero-order valence-corrected chi connectivity index (χ0v) is 11.0. The summed E-state index contributed by atoms with van der Waals surface area (Å²) in [5, 5.41) is 7.67. The molecule has 5 nitrogen and oxygen atoms in total. The van der Waals surface area contributed by atoms with Crippen LogP contribution in [0.25, 0.3) is 0 Å². The molecule has 0 bridgehead atoms. The van der Waals surface area contributed by atoms with Crippen molar-refractivity contribution in [2.75, 3.05) is 6.26 Å². The molecule has 0 spiro atoms. The number of thiol groups is 1. The second kappa shape index (κ2) is 5.44. The zero-order valence-electron chi connectivity index (χ0n) is 10.1. The Labute approximate surface area is 108 Å². The van der Waals surface area contributed by atoms with Gasteiger partial charge in [0, 0.05) is 23.2 Å². The van der Waals surface area contributed by atoms with Crippen LogP contribution in [0.5, 0.6) is 0 Å². The van der Waals surface area contributed by atoms with E-state index in [2.05, 4.69) is 15.0 Å². The van der Waals surface area contributed by atoms with Gasteiger partial charge in [-0.25, -0.2) is 9.97 Å². The largest absolute Gasteiger partial charge is 0.451 e. The molecule has 1 rings (SSSR count). The molecular weight excluding hydrogens is 281 g/mol. The van der Waals surface area contributed by atoms with Crippen molar-refractivity contribution in [1.82, 2.24) is 9.97 Å². The van der Waals surface area contributed by atoms with Gasteiger partial charge in [-0.2, -0.15) is 23.4 Å². The van der Waals surface area contributed by atoms with Crippen LogP contribution in [0.1, 0.15) is 23.6 Å². The number of hydrogen-bond donors (Lipinski definition) is 1. The molecule has 0 aliphatic heterocycles. The molecule has 104 valence electrons. The summed E-state index contributed by atoms with van der Waals surface area (Å²) in [7, 11) is -2.95. The lowest BCUT2D eigenvalue weighted by Crippen LogP contribution is -2.20. The number of rotatable bonds is 3. The molecule has 0 aromatic carbocycles. The number of nitrogens with zero attached hydrogens (tertiary/aromatic N) is 4. The standard InChI is InChI=1S/C10H11F3N4OS/c1-7(19(2,18)6-15-5-14)8-3-16-9(17-4-8)10(11,12)13/h3-4,6-7,19H,1-2H3/b15-6-. The summed E-state index contributed by atoms with van der Waals surface area (Å²) < 4.78 is 49.0. The minimum atomic E-state index is -4.61. The van der Waals surface area contributed by atoms with Crippen LogP contribution in [0.2, 0.25) is 0 Å². The summed E-state index contributed by atoms with van der Waals surface area (Å²) in [6.07, 6.45) is 0.216. The Morgan fingerprint density at radius 3 is 2.42 bits per heavy atom. The first-order chi connectivity index (χ1) is 8.68. The molecular formula is C10H11F3N4OS. The molecule has 19 heavy (non-hydrogen) atoms. The maximum absolute atomic E-state index is 12.3. The van der Waals surface area contributed by atoms with Crippen LogP contribution >= 0.6 is 0 Å². The van der Waals surface area contributed by atoms with Crippen molar-refractivity contribution in [3.05, 3.63) is 23.8 Å². The average Bonchev–Trinajstić information content (AvgIpc) is 2.34. The molecule has 0 amide bonds. The van der Waals surface area contributed by atoms with E-state index in [4.69, 9.17) is 5.26 Å². The van der Waals surface area contributed by atoms with Crippen LogP contribution in [0.4, 0.5) is 13.2 Å². The topological polar surface area (TPSA) is 79.0 Å². The highest BCUT2D eigenvalue weighted by Gasteiger charge is 2.34. The number of halogens is 3. The third-order valence-corrected chi connectivity index (χ3v) is 4.93. The van der Waals surface area contributed by atoms with E-state index in [1.165, 1.54) is 12.4 Å². The Kier molecular flexibility index (Phi) is 4.36. The fourth-order valence-corrected chi connectivity index (χ4v) is 2.44. The predicted octanol–water partition coefficient (Wildman–Crippen LogP) is 1.71. The van der Waals surface area contributed by atoms with Gasteiger partial charge >= 0.3 is 6.18 Å². The van der Waals surface area contributed by atoms with Gasteiger partial charge in [0.2, 0.25) is 12.0 Å². The monoisotopic (exact) mass is 292 g/mol. The van der Waals surface area contributed by atoms with Crippen molar-refractivity contribution in [2.24, 2.45) is 4.99 Å². The Morgan fingerprint density at radius 2 is 2.00 bits per heavy atom. The molecule has 1 aromatic heterocycles. The molecule has 0 aliphatic rings. The van der Waals surface area contributed by atoms with E-state index in [9.17, 15) is 17.4 Å². The van der Waals surface area contributed by atoms with Gasteiger partial charge in [-0.05, 0) is 13.2 Å².